The van der Waals surface area contributed by atoms with Crippen LogP contribution in [0.5, 0.6) is 5.75 Å². The Bertz CT molecular complexity index is 316. The summed E-state index contributed by atoms with van der Waals surface area (Å²) in [7, 11) is 0. The molecule has 64 valence electrons. The predicted molar refractivity (Wildman–Crippen MR) is 44.8 cm³/mol. The molecule has 0 saturated heterocycles. The van der Waals surface area contributed by atoms with E-state index in [4.69, 9.17) is 0 Å². The topological polar surface area (TPSA) is 20.2 Å². The molecule has 1 nitrogen and oxygen atoms in total. The minimum atomic E-state index is -0.225. The van der Waals surface area contributed by atoms with Crippen molar-refractivity contribution in [2.45, 2.75) is 25.7 Å². The number of rotatable bonds is 1. The predicted octanol–water partition coefficient (Wildman–Crippen LogP) is 2.72. The number of phenolic OH excluding ortho intramolecular Hbond substituents is 1. The molecule has 0 radical (unpaired) electrons. The summed E-state index contributed by atoms with van der Waals surface area (Å²) in [6.45, 7) is 1.72. The van der Waals surface area contributed by atoms with Crippen LogP contribution in [0.1, 0.15) is 29.9 Å². The molecule has 0 spiro atoms. The molecule has 0 amide bonds. The third kappa shape index (κ3) is 1.07. The van der Waals surface area contributed by atoms with Gasteiger partial charge >= 0.3 is 0 Å². The lowest BCUT2D eigenvalue weighted by atomic mass is 10.1. The highest BCUT2D eigenvalue weighted by Crippen LogP contribution is 2.45. The first-order chi connectivity index (χ1) is 5.70. The molecular weight excluding hydrogens is 155 g/mol. The van der Waals surface area contributed by atoms with Gasteiger partial charge in [-0.2, -0.15) is 0 Å². The average molecular weight is 166 g/mol. The van der Waals surface area contributed by atoms with Crippen LogP contribution in [-0.2, 0) is 0 Å². The van der Waals surface area contributed by atoms with Crippen LogP contribution >= 0.6 is 0 Å². The van der Waals surface area contributed by atoms with Crippen molar-refractivity contribution in [2.75, 3.05) is 0 Å². The van der Waals surface area contributed by atoms with E-state index in [2.05, 4.69) is 0 Å². The molecule has 1 N–H and O–H groups in total. The Morgan fingerprint density at radius 1 is 1.42 bits per heavy atom. The summed E-state index contributed by atoms with van der Waals surface area (Å²) in [5.41, 5.74) is 1.14. The highest BCUT2D eigenvalue weighted by molar-refractivity contribution is 5.41. The number of benzene rings is 1. The van der Waals surface area contributed by atoms with Crippen molar-refractivity contribution in [1.29, 1.82) is 0 Å². The summed E-state index contributed by atoms with van der Waals surface area (Å²) < 4.78 is 13.4. The second-order valence-electron chi connectivity index (χ2n) is 3.40. The number of aromatic hydroxyl groups is 1. The number of hydrogen-bond acceptors (Lipinski definition) is 1. The first-order valence-corrected chi connectivity index (χ1v) is 4.18. The summed E-state index contributed by atoms with van der Waals surface area (Å²) in [4.78, 5) is 0. The maximum Gasteiger partial charge on any atom is 0.133 e. The average Bonchev–Trinajstić information content (AvgIpc) is 2.81. The van der Waals surface area contributed by atoms with Gasteiger partial charge in [0.05, 0.1) is 0 Å². The van der Waals surface area contributed by atoms with Crippen LogP contribution in [0, 0.1) is 12.7 Å². The highest BCUT2D eigenvalue weighted by Gasteiger charge is 2.29. The van der Waals surface area contributed by atoms with E-state index >= 15 is 0 Å². The molecule has 0 atom stereocenters. The zero-order valence-corrected chi connectivity index (χ0v) is 6.97. The highest BCUT2D eigenvalue weighted by atomic mass is 19.1. The minimum absolute atomic E-state index is 0.112. The smallest absolute Gasteiger partial charge is 0.133 e. The lowest BCUT2D eigenvalue weighted by molar-refractivity contribution is 0.458. The van der Waals surface area contributed by atoms with Crippen LogP contribution in [0.25, 0.3) is 0 Å². The van der Waals surface area contributed by atoms with Crippen molar-refractivity contribution >= 4 is 0 Å². The zero-order chi connectivity index (χ0) is 8.72. The summed E-state index contributed by atoms with van der Waals surface area (Å²) in [5, 5.41) is 9.39. The second kappa shape index (κ2) is 2.47. The van der Waals surface area contributed by atoms with Crippen LogP contribution in [0.4, 0.5) is 4.39 Å². The maximum atomic E-state index is 13.4. The maximum absolute atomic E-state index is 13.4. The van der Waals surface area contributed by atoms with Gasteiger partial charge in [0.25, 0.3) is 0 Å². The Labute approximate surface area is 70.8 Å². The number of phenols is 1. The van der Waals surface area contributed by atoms with Crippen molar-refractivity contribution < 1.29 is 9.50 Å². The largest absolute Gasteiger partial charge is 0.508 e. The Hall–Kier alpha value is -1.05. The van der Waals surface area contributed by atoms with E-state index in [1.54, 1.807) is 19.1 Å². The monoisotopic (exact) mass is 166 g/mol. The Morgan fingerprint density at radius 3 is 2.67 bits per heavy atom. The molecule has 12 heavy (non-hydrogen) atoms. The lowest BCUT2D eigenvalue weighted by Crippen LogP contribution is -1.91. The Kier molecular flexibility index (Phi) is 1.56. The first kappa shape index (κ1) is 7.59. The van der Waals surface area contributed by atoms with E-state index in [0.717, 1.165) is 12.8 Å². The van der Waals surface area contributed by atoms with Gasteiger partial charge in [-0.05, 0) is 37.3 Å². The van der Waals surface area contributed by atoms with Crippen molar-refractivity contribution in [1.82, 2.24) is 0 Å². The lowest BCUT2D eigenvalue weighted by Gasteiger charge is -2.05. The summed E-state index contributed by atoms with van der Waals surface area (Å²) >= 11 is 0. The fraction of sp³-hybridized carbons (Fsp3) is 0.400. The molecule has 1 aromatic carbocycles. The van der Waals surface area contributed by atoms with Gasteiger partial charge in [0.1, 0.15) is 11.6 Å². The quantitative estimate of drug-likeness (QED) is 0.680. The molecule has 0 unspecified atom stereocenters. The number of aryl methyl sites for hydroxylation is 1. The van der Waals surface area contributed by atoms with Crippen molar-refractivity contribution in [3.05, 3.63) is 29.1 Å². The van der Waals surface area contributed by atoms with Crippen LogP contribution in [0.15, 0.2) is 12.1 Å². The normalized spacial score (nSPS) is 16.5. The second-order valence-corrected chi connectivity index (χ2v) is 3.40. The van der Waals surface area contributed by atoms with Crippen molar-refractivity contribution in [3.63, 3.8) is 0 Å². The molecule has 1 aromatic rings. The van der Waals surface area contributed by atoms with Gasteiger partial charge < -0.3 is 5.11 Å². The van der Waals surface area contributed by atoms with E-state index in [1.165, 1.54) is 0 Å². The van der Waals surface area contributed by atoms with E-state index < -0.39 is 0 Å². The van der Waals surface area contributed by atoms with E-state index in [-0.39, 0.29) is 17.5 Å². The van der Waals surface area contributed by atoms with Gasteiger partial charge in [-0.15, -0.1) is 0 Å². The van der Waals surface area contributed by atoms with Crippen molar-refractivity contribution in [2.24, 2.45) is 0 Å². The molecule has 1 aliphatic carbocycles. The molecule has 0 bridgehead atoms. The molecule has 0 heterocycles. The minimum Gasteiger partial charge on any atom is -0.508 e. The van der Waals surface area contributed by atoms with Crippen LogP contribution in [-0.4, -0.2) is 5.11 Å². The van der Waals surface area contributed by atoms with Gasteiger partial charge in [-0.1, -0.05) is 6.07 Å². The fourth-order valence-corrected chi connectivity index (χ4v) is 1.45. The molecule has 2 rings (SSSR count). The SMILES string of the molecule is Cc1ccc(O)c(C2CC2)c1F. The molecule has 1 fully saturated rings. The third-order valence-electron chi connectivity index (χ3n) is 2.34. The van der Waals surface area contributed by atoms with Gasteiger partial charge in [0, 0.05) is 5.56 Å². The third-order valence-corrected chi connectivity index (χ3v) is 2.34. The van der Waals surface area contributed by atoms with Crippen LogP contribution < -0.4 is 0 Å². The number of hydrogen-bond donors (Lipinski definition) is 1. The molecule has 1 saturated carbocycles. The zero-order valence-electron chi connectivity index (χ0n) is 6.97. The van der Waals surface area contributed by atoms with Crippen molar-refractivity contribution in [3.8, 4) is 5.75 Å². The van der Waals surface area contributed by atoms with Gasteiger partial charge in [0.2, 0.25) is 0 Å². The molecular formula is C10H11FO. The van der Waals surface area contributed by atoms with Gasteiger partial charge in [-0.25, -0.2) is 4.39 Å². The standard InChI is InChI=1S/C10H11FO/c1-6-2-5-8(12)9(10(6)11)7-3-4-7/h2,5,7,12H,3-4H2,1H3. The molecule has 0 aromatic heterocycles. The Morgan fingerprint density at radius 2 is 2.08 bits per heavy atom. The first-order valence-electron chi connectivity index (χ1n) is 4.18. The molecule has 2 heteroatoms. The summed E-state index contributed by atoms with van der Waals surface area (Å²) in [5.74, 6) is 0.156. The van der Waals surface area contributed by atoms with E-state index in [0.29, 0.717) is 11.1 Å². The molecule has 1 aliphatic rings. The summed E-state index contributed by atoms with van der Waals surface area (Å²) in [6.07, 6.45) is 2.02. The summed E-state index contributed by atoms with van der Waals surface area (Å²) in [6, 6.07) is 3.18. The van der Waals surface area contributed by atoms with Crippen LogP contribution in [0.3, 0.4) is 0 Å². The molecule has 0 aliphatic heterocycles. The van der Waals surface area contributed by atoms with Gasteiger partial charge in [0.15, 0.2) is 0 Å². The van der Waals surface area contributed by atoms with E-state index in [9.17, 15) is 9.50 Å². The van der Waals surface area contributed by atoms with Crippen LogP contribution in [0.2, 0.25) is 0 Å². The van der Waals surface area contributed by atoms with Gasteiger partial charge in [-0.3, -0.25) is 0 Å². The fourth-order valence-electron chi connectivity index (χ4n) is 1.45. The number of halogens is 1. The van der Waals surface area contributed by atoms with E-state index in [1.807, 2.05) is 0 Å². The Balaban J connectivity index is 2.55.